The second-order valence-electron chi connectivity index (χ2n) is 8.77. The Balaban J connectivity index is 1.24. The van der Waals surface area contributed by atoms with Crippen molar-refractivity contribution in [1.29, 1.82) is 0 Å². The summed E-state index contributed by atoms with van der Waals surface area (Å²) in [5, 5.41) is 14.1. The Morgan fingerprint density at radius 3 is 2.76 bits per heavy atom. The van der Waals surface area contributed by atoms with Gasteiger partial charge in [-0.2, -0.15) is 0 Å². The number of guanidine groups is 1. The summed E-state index contributed by atoms with van der Waals surface area (Å²) in [5.41, 5.74) is 5.10. The number of benzene rings is 1. The number of fused-ring (bicyclic) bond motifs is 2. The Labute approximate surface area is 144 Å². The molecule has 4 nitrogen and oxygen atoms in total. The van der Waals surface area contributed by atoms with Crippen LogP contribution < -0.4 is 11.1 Å². The van der Waals surface area contributed by atoms with Crippen LogP contribution in [0.2, 0.25) is 0 Å². The maximum absolute atomic E-state index is 13.7. The van der Waals surface area contributed by atoms with Gasteiger partial charge >= 0.3 is 0 Å². The molecule has 1 aromatic rings. The fraction of sp³-hybridized carbons (Fsp3) is 0.632. The van der Waals surface area contributed by atoms with Crippen molar-refractivity contribution in [3.63, 3.8) is 0 Å². The summed E-state index contributed by atoms with van der Waals surface area (Å²) in [6.07, 6.45) is 2.60. The van der Waals surface area contributed by atoms with E-state index in [1.807, 2.05) is 0 Å². The molecule has 132 valence electrons. The van der Waals surface area contributed by atoms with Gasteiger partial charge in [-0.1, -0.05) is 0 Å². The van der Waals surface area contributed by atoms with Gasteiger partial charge in [-0.05, 0) is 72.3 Å². The first-order valence-corrected chi connectivity index (χ1v) is 9.23. The Bertz CT molecular complexity index is 808. The molecule has 5 fully saturated rings. The number of aliphatic imine (C=N–C) groups is 1. The molecule has 0 aromatic heterocycles. The number of nitrogens with zero attached hydrogens (tertiary/aromatic N) is 1. The summed E-state index contributed by atoms with van der Waals surface area (Å²) in [6, 6.07) is 3.16. The van der Waals surface area contributed by atoms with E-state index in [2.05, 4.69) is 10.3 Å². The fourth-order valence-corrected chi connectivity index (χ4v) is 7.92. The molecular weight excluding hydrogens is 324 g/mol. The second-order valence-corrected chi connectivity index (χ2v) is 8.77. The molecular formula is C19H21F2N3O. The van der Waals surface area contributed by atoms with Gasteiger partial charge in [0.1, 0.15) is 11.6 Å². The normalized spacial score (nSPS) is 50.6. The minimum Gasteiger partial charge on any atom is -0.387 e. The first kappa shape index (κ1) is 14.5. The number of nitrogens with two attached hydrogens (primary N) is 1. The summed E-state index contributed by atoms with van der Waals surface area (Å²) >= 11 is 0. The van der Waals surface area contributed by atoms with Crippen molar-refractivity contribution in [3.05, 3.63) is 29.8 Å². The molecule has 6 heteroatoms. The molecule has 0 amide bonds. The fourth-order valence-electron chi connectivity index (χ4n) is 7.92. The quantitative estimate of drug-likeness (QED) is 0.581. The third-order valence-corrected chi connectivity index (χ3v) is 8.21. The first-order valence-electron chi connectivity index (χ1n) is 9.23. The van der Waals surface area contributed by atoms with Crippen molar-refractivity contribution in [2.45, 2.75) is 18.4 Å². The maximum Gasteiger partial charge on any atom is 0.193 e. The Hall–Kier alpha value is -1.69. The number of rotatable bonds is 3. The van der Waals surface area contributed by atoms with Crippen LogP contribution in [-0.2, 0) is 0 Å². The highest BCUT2D eigenvalue weighted by Gasteiger charge is 2.84. The standard InChI is InChI=1S/C19H21F2N3O/c20-7-1-2-12(21)13(3-7)24-18(22)23-6-19(25)16-9-5-10-14-8(9)4-11(16)15(14)17(10)19/h1-3,8-11,14-17,25H,4-6H2,(H3,22,23,24). The van der Waals surface area contributed by atoms with Crippen LogP contribution in [0.15, 0.2) is 23.2 Å². The number of hydrogen-bond acceptors (Lipinski definition) is 2. The number of hydrogen-bond donors (Lipinski definition) is 3. The monoisotopic (exact) mass is 345 g/mol. The predicted octanol–water partition coefficient (Wildman–Crippen LogP) is 2.20. The summed E-state index contributed by atoms with van der Waals surface area (Å²) in [6.45, 7) is 0.261. The van der Waals surface area contributed by atoms with E-state index in [1.165, 1.54) is 12.8 Å². The van der Waals surface area contributed by atoms with Gasteiger partial charge in [-0.15, -0.1) is 0 Å². The average molecular weight is 345 g/mol. The van der Waals surface area contributed by atoms with Crippen LogP contribution in [0, 0.1) is 59.0 Å². The lowest BCUT2D eigenvalue weighted by atomic mass is 9.56. The summed E-state index contributed by atoms with van der Waals surface area (Å²) in [4.78, 5) is 4.33. The van der Waals surface area contributed by atoms with Crippen LogP contribution in [-0.4, -0.2) is 23.2 Å². The molecule has 5 aliphatic carbocycles. The van der Waals surface area contributed by atoms with Crippen molar-refractivity contribution >= 4 is 11.6 Å². The Morgan fingerprint density at radius 2 is 1.92 bits per heavy atom. The molecule has 25 heavy (non-hydrogen) atoms. The number of nitrogens with one attached hydrogen (secondary N) is 1. The van der Waals surface area contributed by atoms with Crippen molar-refractivity contribution in [1.82, 2.24) is 0 Å². The summed E-state index contributed by atoms with van der Waals surface area (Å²) in [5.74, 6) is 4.08. The van der Waals surface area contributed by atoms with Gasteiger partial charge < -0.3 is 16.2 Å². The van der Waals surface area contributed by atoms with E-state index >= 15 is 0 Å². The third kappa shape index (κ3) is 1.54. The zero-order chi connectivity index (χ0) is 17.1. The van der Waals surface area contributed by atoms with E-state index in [0.717, 1.165) is 30.0 Å². The molecule has 5 aliphatic rings. The van der Waals surface area contributed by atoms with E-state index in [-0.39, 0.29) is 18.2 Å². The third-order valence-electron chi connectivity index (χ3n) is 8.21. The minimum absolute atomic E-state index is 0.0243. The molecule has 1 aromatic carbocycles. The molecule has 0 aliphatic heterocycles. The summed E-state index contributed by atoms with van der Waals surface area (Å²) < 4.78 is 27.0. The van der Waals surface area contributed by atoms with Crippen molar-refractivity contribution < 1.29 is 13.9 Å². The van der Waals surface area contributed by atoms with Gasteiger partial charge in [-0.25, -0.2) is 8.78 Å². The first-order chi connectivity index (χ1) is 12.0. The molecule has 4 N–H and O–H groups in total. The summed E-state index contributed by atoms with van der Waals surface area (Å²) in [7, 11) is 0. The Morgan fingerprint density at radius 1 is 1.16 bits per heavy atom. The highest BCUT2D eigenvalue weighted by molar-refractivity contribution is 5.92. The highest BCUT2D eigenvalue weighted by Crippen LogP contribution is 2.85. The topological polar surface area (TPSA) is 70.6 Å². The van der Waals surface area contributed by atoms with E-state index in [1.54, 1.807) is 0 Å². The van der Waals surface area contributed by atoms with Crippen molar-refractivity contribution in [2.24, 2.45) is 58.1 Å². The molecule has 0 heterocycles. The molecule has 2 bridgehead atoms. The lowest BCUT2D eigenvalue weighted by Crippen LogP contribution is -2.56. The largest absolute Gasteiger partial charge is 0.387 e. The van der Waals surface area contributed by atoms with Crippen LogP contribution in [0.3, 0.4) is 0 Å². The number of aliphatic hydroxyl groups is 1. The van der Waals surface area contributed by atoms with Crippen LogP contribution >= 0.6 is 0 Å². The Kier molecular flexibility index (Phi) is 2.51. The van der Waals surface area contributed by atoms with Crippen molar-refractivity contribution in [2.75, 3.05) is 11.9 Å². The minimum atomic E-state index is -0.753. The average Bonchev–Trinajstić information content (AvgIpc) is 3.08. The van der Waals surface area contributed by atoms with E-state index in [9.17, 15) is 13.9 Å². The molecule has 5 saturated carbocycles. The molecule has 9 unspecified atom stereocenters. The van der Waals surface area contributed by atoms with E-state index in [4.69, 9.17) is 5.73 Å². The lowest BCUT2D eigenvalue weighted by Gasteiger charge is -2.51. The van der Waals surface area contributed by atoms with Crippen LogP contribution in [0.5, 0.6) is 0 Å². The smallest absolute Gasteiger partial charge is 0.193 e. The number of halogens is 2. The zero-order valence-electron chi connectivity index (χ0n) is 13.7. The second kappa shape index (κ2) is 4.34. The van der Waals surface area contributed by atoms with Crippen LogP contribution in [0.25, 0.3) is 0 Å². The lowest BCUT2D eigenvalue weighted by molar-refractivity contribution is -0.123. The van der Waals surface area contributed by atoms with Gasteiger partial charge in [0.25, 0.3) is 0 Å². The van der Waals surface area contributed by atoms with Crippen LogP contribution in [0.1, 0.15) is 12.8 Å². The van der Waals surface area contributed by atoms with Gasteiger partial charge in [0.15, 0.2) is 5.96 Å². The molecule has 6 rings (SSSR count). The van der Waals surface area contributed by atoms with E-state index < -0.39 is 17.2 Å². The number of anilines is 1. The highest BCUT2D eigenvalue weighted by atomic mass is 19.1. The molecule has 0 radical (unpaired) electrons. The van der Waals surface area contributed by atoms with Crippen LogP contribution in [0.4, 0.5) is 14.5 Å². The SMILES string of the molecule is NC(=NCC1(O)C2C3CC4C5C3CC2C5C41)Nc1cc(F)ccc1F. The van der Waals surface area contributed by atoms with Gasteiger partial charge in [-0.3, -0.25) is 4.99 Å². The predicted molar refractivity (Wildman–Crippen MR) is 88.6 cm³/mol. The molecule has 9 atom stereocenters. The van der Waals surface area contributed by atoms with Gasteiger partial charge in [0.2, 0.25) is 0 Å². The van der Waals surface area contributed by atoms with E-state index in [0.29, 0.717) is 35.5 Å². The molecule has 0 spiro atoms. The van der Waals surface area contributed by atoms with Gasteiger partial charge in [0, 0.05) is 6.07 Å². The van der Waals surface area contributed by atoms with Gasteiger partial charge in [0.05, 0.1) is 17.8 Å². The maximum atomic E-state index is 13.7. The zero-order valence-corrected chi connectivity index (χ0v) is 13.7. The van der Waals surface area contributed by atoms with Crippen molar-refractivity contribution in [3.8, 4) is 0 Å². The molecule has 0 saturated heterocycles.